The molecule has 0 unspecified atom stereocenters. The third-order valence-electron chi connectivity index (χ3n) is 5.89. The maximum absolute atomic E-state index is 12.8. The van der Waals surface area contributed by atoms with Crippen molar-refractivity contribution in [1.29, 1.82) is 0 Å². The van der Waals surface area contributed by atoms with Crippen molar-refractivity contribution in [2.24, 2.45) is 11.8 Å². The summed E-state index contributed by atoms with van der Waals surface area (Å²) in [4.78, 5) is 29.5. The van der Waals surface area contributed by atoms with Gasteiger partial charge < -0.3 is 24.8 Å². The minimum Gasteiger partial charge on any atom is -0.496 e. The molecule has 2 amide bonds. The first-order chi connectivity index (χ1) is 15.5. The third-order valence-corrected chi connectivity index (χ3v) is 5.89. The lowest BCUT2D eigenvalue weighted by Crippen LogP contribution is -2.36. The Kier molecular flexibility index (Phi) is 8.30. The van der Waals surface area contributed by atoms with Gasteiger partial charge >= 0.3 is 0 Å². The summed E-state index contributed by atoms with van der Waals surface area (Å²) in [6, 6.07) is 8.92. The van der Waals surface area contributed by atoms with Gasteiger partial charge in [0.25, 0.3) is 5.91 Å². The highest BCUT2D eigenvalue weighted by Gasteiger charge is 2.27. The van der Waals surface area contributed by atoms with Crippen LogP contribution in [0.4, 0.5) is 0 Å². The Morgan fingerprint density at radius 2 is 1.62 bits per heavy atom. The summed E-state index contributed by atoms with van der Waals surface area (Å²) in [6.07, 6.45) is 5.14. The zero-order valence-electron chi connectivity index (χ0n) is 18.8. The van der Waals surface area contributed by atoms with Crippen molar-refractivity contribution in [3.8, 4) is 17.2 Å². The lowest BCUT2D eigenvalue weighted by Gasteiger charge is -2.28. The number of nitrogens with one attached hydrogen (secondary N) is 2. The van der Waals surface area contributed by atoms with Gasteiger partial charge in [0.2, 0.25) is 5.91 Å². The van der Waals surface area contributed by atoms with Gasteiger partial charge in [-0.05, 0) is 43.7 Å². The Bertz CT molecular complexity index is 911. The van der Waals surface area contributed by atoms with Crippen molar-refractivity contribution in [2.75, 3.05) is 27.9 Å². The Hall–Kier alpha value is -3.29. The topological polar surface area (TPSA) is 98.8 Å². The normalized spacial score (nSPS) is 17.8. The van der Waals surface area contributed by atoms with Crippen LogP contribution in [0.3, 0.4) is 0 Å². The van der Waals surface area contributed by atoms with E-state index in [2.05, 4.69) is 15.6 Å². The van der Waals surface area contributed by atoms with Gasteiger partial charge in [0.05, 0.1) is 39.1 Å². The predicted octanol–water partition coefficient (Wildman–Crippen LogP) is 2.96. The Morgan fingerprint density at radius 3 is 2.25 bits per heavy atom. The maximum Gasteiger partial charge on any atom is 0.255 e. The van der Waals surface area contributed by atoms with Crippen molar-refractivity contribution in [3.63, 3.8) is 0 Å². The van der Waals surface area contributed by atoms with Crippen molar-refractivity contribution in [1.82, 2.24) is 15.6 Å². The van der Waals surface area contributed by atoms with Crippen LogP contribution in [0.15, 0.2) is 36.5 Å². The molecular weight excluding hydrogens is 410 g/mol. The second kappa shape index (κ2) is 11.4. The van der Waals surface area contributed by atoms with Crippen LogP contribution in [0.25, 0.3) is 0 Å². The molecule has 2 aromatic rings. The number of hydrogen-bond acceptors (Lipinski definition) is 6. The van der Waals surface area contributed by atoms with E-state index in [1.54, 1.807) is 18.3 Å². The molecule has 0 aliphatic heterocycles. The standard InChI is InChI=1S/C24H31N3O5/c1-30-20-13-22(32-3)21(31-2)12-19(20)24(29)26-14-16-7-9-17(10-8-16)23(28)27-15-18-6-4-5-11-25-18/h4-6,11-13,16-17H,7-10,14-15H2,1-3H3,(H,26,29)(H,27,28). The van der Waals surface area contributed by atoms with Crippen molar-refractivity contribution >= 4 is 11.8 Å². The zero-order chi connectivity index (χ0) is 22.9. The molecule has 8 nitrogen and oxygen atoms in total. The molecule has 1 aromatic heterocycles. The van der Waals surface area contributed by atoms with E-state index in [1.807, 2.05) is 18.2 Å². The number of amides is 2. The average molecular weight is 442 g/mol. The molecule has 8 heteroatoms. The second-order valence-electron chi connectivity index (χ2n) is 7.87. The largest absolute Gasteiger partial charge is 0.496 e. The number of pyridine rings is 1. The maximum atomic E-state index is 12.8. The summed E-state index contributed by atoms with van der Waals surface area (Å²) in [6.45, 7) is 1.00. The molecule has 2 N–H and O–H groups in total. The molecule has 1 fully saturated rings. The summed E-state index contributed by atoms with van der Waals surface area (Å²) >= 11 is 0. The van der Waals surface area contributed by atoms with E-state index in [4.69, 9.17) is 14.2 Å². The zero-order valence-corrected chi connectivity index (χ0v) is 18.8. The fraction of sp³-hybridized carbons (Fsp3) is 0.458. The molecule has 1 heterocycles. The highest BCUT2D eigenvalue weighted by molar-refractivity contribution is 5.97. The van der Waals surface area contributed by atoms with Crippen molar-refractivity contribution in [2.45, 2.75) is 32.2 Å². The summed E-state index contributed by atoms with van der Waals surface area (Å²) in [7, 11) is 4.57. The second-order valence-corrected chi connectivity index (χ2v) is 7.87. The molecule has 1 aliphatic carbocycles. The van der Waals surface area contributed by atoms with Crippen LogP contribution in [0.5, 0.6) is 17.2 Å². The van der Waals surface area contributed by atoms with Crippen LogP contribution in [0, 0.1) is 11.8 Å². The average Bonchev–Trinajstić information content (AvgIpc) is 2.85. The molecule has 3 rings (SSSR count). The van der Waals surface area contributed by atoms with Crippen LogP contribution in [-0.2, 0) is 11.3 Å². The Balaban J connectivity index is 1.47. The van der Waals surface area contributed by atoms with Gasteiger partial charge in [-0.3, -0.25) is 14.6 Å². The molecule has 1 aromatic carbocycles. The van der Waals surface area contributed by atoms with Gasteiger partial charge in [0.15, 0.2) is 11.5 Å². The number of ether oxygens (including phenoxy) is 3. The minimum atomic E-state index is -0.224. The first-order valence-corrected chi connectivity index (χ1v) is 10.8. The summed E-state index contributed by atoms with van der Waals surface area (Å²) in [5.41, 5.74) is 1.25. The van der Waals surface area contributed by atoms with E-state index in [1.165, 1.54) is 21.3 Å². The number of methoxy groups -OCH3 is 3. The van der Waals surface area contributed by atoms with Crippen LogP contribution in [0.1, 0.15) is 41.7 Å². The number of nitrogens with zero attached hydrogens (tertiary/aromatic N) is 1. The van der Waals surface area contributed by atoms with E-state index < -0.39 is 0 Å². The lowest BCUT2D eigenvalue weighted by atomic mass is 9.81. The molecule has 1 aliphatic rings. The van der Waals surface area contributed by atoms with Crippen LogP contribution in [0.2, 0.25) is 0 Å². The molecule has 0 spiro atoms. The molecule has 32 heavy (non-hydrogen) atoms. The third kappa shape index (κ3) is 5.90. The smallest absolute Gasteiger partial charge is 0.255 e. The number of carbonyl (C=O) groups is 2. The molecular formula is C24H31N3O5. The van der Waals surface area contributed by atoms with Crippen LogP contribution < -0.4 is 24.8 Å². The molecule has 0 atom stereocenters. The van der Waals surface area contributed by atoms with Crippen LogP contribution in [-0.4, -0.2) is 44.7 Å². The van der Waals surface area contributed by atoms with Crippen molar-refractivity contribution < 1.29 is 23.8 Å². The first kappa shape index (κ1) is 23.4. The summed E-state index contributed by atoms with van der Waals surface area (Å²) in [5.74, 6) is 1.59. The fourth-order valence-corrected chi connectivity index (χ4v) is 3.99. The molecule has 172 valence electrons. The van der Waals surface area contributed by atoms with E-state index in [-0.39, 0.29) is 17.7 Å². The predicted molar refractivity (Wildman–Crippen MR) is 120 cm³/mol. The fourth-order valence-electron chi connectivity index (χ4n) is 3.99. The number of aromatic nitrogens is 1. The Labute approximate surface area is 188 Å². The van der Waals surface area contributed by atoms with Crippen molar-refractivity contribution in [3.05, 3.63) is 47.8 Å². The van der Waals surface area contributed by atoms with E-state index in [0.29, 0.717) is 41.8 Å². The number of benzene rings is 1. The SMILES string of the molecule is COc1cc(OC)c(C(=O)NCC2CCC(C(=O)NCc3ccccn3)CC2)cc1OC. The van der Waals surface area contributed by atoms with Gasteiger partial charge in [-0.2, -0.15) is 0 Å². The highest BCUT2D eigenvalue weighted by Crippen LogP contribution is 2.35. The van der Waals surface area contributed by atoms with E-state index >= 15 is 0 Å². The number of carbonyl (C=O) groups excluding carboxylic acids is 2. The number of hydrogen-bond donors (Lipinski definition) is 2. The number of rotatable bonds is 9. The van der Waals surface area contributed by atoms with Gasteiger partial charge in [-0.25, -0.2) is 0 Å². The van der Waals surface area contributed by atoms with E-state index in [0.717, 1.165) is 31.4 Å². The minimum absolute atomic E-state index is 0.0107. The highest BCUT2D eigenvalue weighted by atomic mass is 16.5. The van der Waals surface area contributed by atoms with Gasteiger partial charge in [0.1, 0.15) is 5.75 Å². The van der Waals surface area contributed by atoms with Gasteiger partial charge in [0, 0.05) is 30.8 Å². The summed E-state index contributed by atoms with van der Waals surface area (Å²) in [5, 5.41) is 5.98. The van der Waals surface area contributed by atoms with E-state index in [9.17, 15) is 9.59 Å². The van der Waals surface area contributed by atoms with Gasteiger partial charge in [-0.1, -0.05) is 6.07 Å². The lowest BCUT2D eigenvalue weighted by molar-refractivity contribution is -0.126. The molecule has 1 saturated carbocycles. The first-order valence-electron chi connectivity index (χ1n) is 10.8. The van der Waals surface area contributed by atoms with Gasteiger partial charge in [-0.15, -0.1) is 0 Å². The molecule has 0 radical (unpaired) electrons. The van der Waals surface area contributed by atoms with Crippen LogP contribution >= 0.6 is 0 Å². The quantitative estimate of drug-likeness (QED) is 0.621. The Morgan fingerprint density at radius 1 is 0.938 bits per heavy atom. The molecule has 0 bridgehead atoms. The monoisotopic (exact) mass is 441 g/mol. The summed E-state index contributed by atoms with van der Waals surface area (Å²) < 4.78 is 15.9. The molecule has 0 saturated heterocycles.